The van der Waals surface area contributed by atoms with E-state index >= 15 is 0 Å². The Balaban J connectivity index is 1.53. The van der Waals surface area contributed by atoms with Gasteiger partial charge in [-0.1, -0.05) is 34.7 Å². The van der Waals surface area contributed by atoms with Gasteiger partial charge in [0.05, 0.1) is 11.7 Å². The molecule has 1 fully saturated rings. The summed E-state index contributed by atoms with van der Waals surface area (Å²) in [4.78, 5) is 59.9. The van der Waals surface area contributed by atoms with E-state index in [1.807, 2.05) is 13.8 Å². The Morgan fingerprint density at radius 2 is 2.09 bits per heavy atom. The summed E-state index contributed by atoms with van der Waals surface area (Å²) < 4.78 is 0.756. The molecule has 0 radical (unpaired) electrons. The molecule has 0 bridgehead atoms. The van der Waals surface area contributed by atoms with Gasteiger partial charge < -0.3 is 16.2 Å². The van der Waals surface area contributed by atoms with Crippen LogP contribution in [-0.4, -0.2) is 49.8 Å². The number of thioether (sulfide) groups is 1. The maximum absolute atomic E-state index is 12.8. The zero-order chi connectivity index (χ0) is 24.0. The van der Waals surface area contributed by atoms with Crippen LogP contribution in [-0.2, 0) is 14.4 Å². The van der Waals surface area contributed by atoms with Gasteiger partial charge in [-0.15, -0.1) is 16.2 Å². The fourth-order valence-corrected chi connectivity index (χ4v) is 7.02. The van der Waals surface area contributed by atoms with Crippen LogP contribution in [0.1, 0.15) is 35.1 Å². The van der Waals surface area contributed by atoms with Gasteiger partial charge in [0, 0.05) is 9.78 Å². The smallest absolute Gasteiger partial charge is 0.353 e. The molecule has 3 atom stereocenters. The number of nitrogens with two attached hydrogens (primary N) is 1. The van der Waals surface area contributed by atoms with Crippen molar-refractivity contribution in [3.05, 3.63) is 36.1 Å². The lowest BCUT2D eigenvalue weighted by Gasteiger charge is -2.50. The molecule has 15 heteroatoms. The number of aliphatic carboxylic acids is 1. The number of halogens is 1. The maximum atomic E-state index is 12.8. The summed E-state index contributed by atoms with van der Waals surface area (Å²) in [6, 6.07) is -3.12. The third-order valence-electron chi connectivity index (χ3n) is 5.35. The SMILES string of the molecule is Cc1nc(SC2=C(C(=O)O)N3C(=O)C(NC(=O)C(N=O)c4nc(N)sc4Cl)C3CC2)sc1C. The van der Waals surface area contributed by atoms with Crippen LogP contribution in [0.4, 0.5) is 5.13 Å². The number of aromatic nitrogens is 2. The molecule has 33 heavy (non-hydrogen) atoms. The second-order valence-electron chi connectivity index (χ2n) is 7.32. The van der Waals surface area contributed by atoms with E-state index in [4.69, 9.17) is 17.3 Å². The van der Waals surface area contributed by atoms with Crippen molar-refractivity contribution >= 4 is 69.0 Å². The maximum Gasteiger partial charge on any atom is 0.353 e. The molecule has 2 amide bonds. The third kappa shape index (κ3) is 4.23. The van der Waals surface area contributed by atoms with Crippen molar-refractivity contribution in [1.29, 1.82) is 0 Å². The molecule has 4 heterocycles. The third-order valence-corrected chi connectivity index (χ3v) is 8.74. The molecule has 2 aromatic heterocycles. The lowest BCUT2D eigenvalue weighted by atomic mass is 9.86. The van der Waals surface area contributed by atoms with Crippen LogP contribution in [0, 0.1) is 18.8 Å². The average molecular weight is 529 g/mol. The number of nitrogens with zero attached hydrogens (tertiary/aromatic N) is 4. The van der Waals surface area contributed by atoms with E-state index in [0.29, 0.717) is 22.1 Å². The monoisotopic (exact) mass is 528 g/mol. The number of carbonyl (C=O) groups is 3. The van der Waals surface area contributed by atoms with Crippen LogP contribution in [0.3, 0.4) is 0 Å². The zero-order valence-electron chi connectivity index (χ0n) is 17.2. The number of carbonyl (C=O) groups excluding carboxylic acids is 2. The summed E-state index contributed by atoms with van der Waals surface area (Å²) in [5.41, 5.74) is 6.24. The van der Waals surface area contributed by atoms with Gasteiger partial charge in [0.25, 0.3) is 11.8 Å². The van der Waals surface area contributed by atoms with Crippen LogP contribution >= 0.6 is 46.0 Å². The Bertz CT molecular complexity index is 1190. The van der Waals surface area contributed by atoms with Crippen molar-refractivity contribution < 1.29 is 19.5 Å². The number of amides is 2. The summed E-state index contributed by atoms with van der Waals surface area (Å²) in [6.07, 6.45) is 0.831. The van der Waals surface area contributed by atoms with Crippen molar-refractivity contribution in [3.63, 3.8) is 0 Å². The van der Waals surface area contributed by atoms with Gasteiger partial charge in [-0.3, -0.25) is 14.5 Å². The number of thiazole rings is 2. The number of nitrogen functional groups attached to an aromatic ring is 1. The highest BCUT2D eigenvalue weighted by atomic mass is 35.5. The first-order valence-electron chi connectivity index (χ1n) is 9.58. The number of nitroso groups, excluding NO2 is 1. The lowest BCUT2D eigenvalue weighted by Crippen LogP contribution is -2.71. The van der Waals surface area contributed by atoms with Crippen LogP contribution in [0.15, 0.2) is 20.1 Å². The van der Waals surface area contributed by atoms with E-state index < -0.39 is 35.9 Å². The van der Waals surface area contributed by atoms with Gasteiger partial charge in [0.1, 0.15) is 21.8 Å². The van der Waals surface area contributed by atoms with Crippen molar-refractivity contribution in [1.82, 2.24) is 20.2 Å². The number of aryl methyl sites for hydroxylation is 2. The number of hydrogen-bond acceptors (Lipinski definition) is 11. The molecule has 3 unspecified atom stereocenters. The molecule has 11 nitrogen and oxygen atoms in total. The molecule has 0 aliphatic carbocycles. The van der Waals surface area contributed by atoms with E-state index in [2.05, 4.69) is 20.5 Å². The van der Waals surface area contributed by atoms with Gasteiger partial charge in [-0.05, 0) is 31.9 Å². The highest BCUT2D eigenvalue weighted by Crippen LogP contribution is 2.44. The van der Waals surface area contributed by atoms with E-state index in [9.17, 15) is 24.4 Å². The zero-order valence-corrected chi connectivity index (χ0v) is 20.4. The lowest BCUT2D eigenvalue weighted by molar-refractivity contribution is -0.156. The van der Waals surface area contributed by atoms with Crippen LogP contribution in [0.5, 0.6) is 0 Å². The van der Waals surface area contributed by atoms with Gasteiger partial charge in [-0.25, -0.2) is 14.8 Å². The minimum atomic E-state index is -1.58. The minimum Gasteiger partial charge on any atom is -0.477 e. The predicted octanol–water partition coefficient (Wildman–Crippen LogP) is 2.84. The molecule has 1 saturated heterocycles. The van der Waals surface area contributed by atoms with Crippen molar-refractivity contribution in [3.8, 4) is 0 Å². The standard InChI is InChI=1S/C18H17ClN6O5S3/c1-5-6(2)31-18(21-5)32-8-4-3-7-9(15(27)25(7)12(8)16(28)29)22-14(26)11(24-30)10-13(19)33-17(20)23-10/h7,9,11H,3-4H2,1-2H3,(H2,20,23)(H,22,26)(H,28,29). The normalized spacial score (nSPS) is 20.8. The summed E-state index contributed by atoms with van der Waals surface area (Å²) in [5, 5.41) is 15.2. The molecule has 2 aliphatic rings. The number of allylic oxidation sites excluding steroid dienone is 1. The summed E-state index contributed by atoms with van der Waals surface area (Å²) in [5.74, 6) is -2.67. The van der Waals surface area contributed by atoms with Gasteiger partial charge in [0.15, 0.2) is 9.47 Å². The molecule has 174 valence electrons. The summed E-state index contributed by atoms with van der Waals surface area (Å²) in [7, 11) is 0. The Hall–Kier alpha value is -2.55. The largest absolute Gasteiger partial charge is 0.477 e. The molecule has 2 aromatic rings. The average Bonchev–Trinajstić information content (AvgIpc) is 3.25. The van der Waals surface area contributed by atoms with Crippen LogP contribution in [0.25, 0.3) is 0 Å². The number of hydrogen-bond donors (Lipinski definition) is 3. The van der Waals surface area contributed by atoms with Gasteiger partial charge in [-0.2, -0.15) is 0 Å². The summed E-state index contributed by atoms with van der Waals surface area (Å²) >= 11 is 9.57. The Morgan fingerprint density at radius 3 is 2.64 bits per heavy atom. The molecule has 4 N–H and O–H groups in total. The fourth-order valence-electron chi connectivity index (χ4n) is 3.67. The van der Waals surface area contributed by atoms with Crippen molar-refractivity contribution in [2.75, 3.05) is 5.73 Å². The molecule has 0 saturated carbocycles. The first kappa shape index (κ1) is 23.6. The van der Waals surface area contributed by atoms with E-state index in [1.54, 1.807) is 0 Å². The second kappa shape index (κ2) is 9.00. The molecule has 0 aromatic carbocycles. The Labute approximate surface area is 204 Å². The molecule has 0 spiro atoms. The van der Waals surface area contributed by atoms with Gasteiger partial charge >= 0.3 is 5.97 Å². The predicted molar refractivity (Wildman–Crippen MR) is 124 cm³/mol. The van der Waals surface area contributed by atoms with Crippen LogP contribution < -0.4 is 11.1 Å². The minimum absolute atomic E-state index is 0.0527. The van der Waals surface area contributed by atoms with Crippen molar-refractivity contribution in [2.45, 2.75) is 49.2 Å². The summed E-state index contributed by atoms with van der Waals surface area (Å²) in [6.45, 7) is 3.81. The van der Waals surface area contributed by atoms with Crippen LogP contribution in [0.2, 0.25) is 4.34 Å². The molecular formula is C18H17ClN6O5S3. The number of rotatable bonds is 7. The van der Waals surface area contributed by atoms with E-state index in [0.717, 1.165) is 21.9 Å². The van der Waals surface area contributed by atoms with E-state index in [1.165, 1.54) is 28.0 Å². The number of anilines is 1. The first-order valence-corrected chi connectivity index (χ1v) is 12.4. The second-order valence-corrected chi connectivity index (χ2v) is 11.5. The number of carboxylic acid groups (broad SMARTS) is 1. The number of nitrogens with one attached hydrogen (secondary N) is 1. The molecule has 2 aliphatic heterocycles. The molecule has 4 rings (SSSR count). The van der Waals surface area contributed by atoms with Gasteiger partial charge in [0.2, 0.25) is 6.04 Å². The first-order chi connectivity index (χ1) is 15.6. The highest BCUT2D eigenvalue weighted by molar-refractivity contribution is 8.04. The highest BCUT2D eigenvalue weighted by Gasteiger charge is 2.54. The van der Waals surface area contributed by atoms with Crippen molar-refractivity contribution in [2.24, 2.45) is 5.18 Å². The number of carboxylic acids is 1. The number of fused-ring (bicyclic) bond motifs is 1. The molecular weight excluding hydrogens is 512 g/mol. The Kier molecular flexibility index (Phi) is 6.44. The fraction of sp³-hybridized carbons (Fsp3) is 0.389. The Morgan fingerprint density at radius 1 is 1.36 bits per heavy atom. The number of β-lactam (4-membered cyclic amide) rings is 1. The van der Waals surface area contributed by atoms with E-state index in [-0.39, 0.29) is 20.9 Å². The topological polar surface area (TPSA) is 168 Å². The quantitative estimate of drug-likeness (QED) is 0.361.